The summed E-state index contributed by atoms with van der Waals surface area (Å²) in [6.45, 7) is 2.62. The summed E-state index contributed by atoms with van der Waals surface area (Å²) in [6.07, 6.45) is 2.14. The lowest BCUT2D eigenvalue weighted by Crippen LogP contribution is -2.32. The number of pyridine rings is 1. The van der Waals surface area contributed by atoms with Gasteiger partial charge in [0.15, 0.2) is 5.11 Å². The maximum atomic E-state index is 12.9. The van der Waals surface area contributed by atoms with E-state index in [0.717, 1.165) is 22.2 Å². The highest BCUT2D eigenvalue weighted by Crippen LogP contribution is 2.41. The van der Waals surface area contributed by atoms with Gasteiger partial charge in [-0.2, -0.15) is 0 Å². The van der Waals surface area contributed by atoms with Gasteiger partial charge in [0, 0.05) is 40.0 Å². The predicted molar refractivity (Wildman–Crippen MR) is 138 cm³/mol. The molecule has 1 saturated heterocycles. The molecule has 2 aromatic carbocycles. The van der Waals surface area contributed by atoms with E-state index in [1.54, 1.807) is 17.5 Å². The molecule has 2 atom stereocenters. The Bertz CT molecular complexity index is 1300. The molecule has 0 aliphatic carbocycles. The molecular formula is C26H24N4OS2. The van der Waals surface area contributed by atoms with Crippen LogP contribution in [-0.2, 0) is 4.79 Å². The normalized spacial score (nSPS) is 17.8. The van der Waals surface area contributed by atoms with Crippen molar-refractivity contribution in [2.75, 3.05) is 11.9 Å². The summed E-state index contributed by atoms with van der Waals surface area (Å²) in [5.41, 5.74) is 1.77. The zero-order valence-corrected chi connectivity index (χ0v) is 19.8. The lowest BCUT2D eigenvalue weighted by Gasteiger charge is -2.26. The summed E-state index contributed by atoms with van der Waals surface area (Å²) in [5, 5.41) is 9.32. The molecule has 5 nitrogen and oxygen atoms in total. The molecular weight excluding hydrogens is 448 g/mol. The molecule has 3 heterocycles. The average Bonchev–Trinajstić information content (AvgIpc) is 3.41. The number of carbonyl (C=O) groups is 1. The molecule has 5 rings (SSSR count). The summed E-state index contributed by atoms with van der Waals surface area (Å²) >= 11 is 7.46. The molecule has 2 N–H and O–H groups in total. The number of thiophene rings is 1. The summed E-state index contributed by atoms with van der Waals surface area (Å²) in [4.78, 5) is 22.1. The van der Waals surface area contributed by atoms with Crippen molar-refractivity contribution in [3.63, 3.8) is 0 Å². The van der Waals surface area contributed by atoms with E-state index in [-0.39, 0.29) is 18.0 Å². The lowest BCUT2D eigenvalue weighted by molar-refractivity contribution is -0.116. The van der Waals surface area contributed by atoms with Crippen LogP contribution in [0.15, 0.2) is 79.0 Å². The zero-order valence-electron chi connectivity index (χ0n) is 18.2. The monoisotopic (exact) mass is 472 g/mol. The van der Waals surface area contributed by atoms with Gasteiger partial charge >= 0.3 is 0 Å². The summed E-state index contributed by atoms with van der Waals surface area (Å²) in [6, 6.07) is 24.1. The van der Waals surface area contributed by atoms with E-state index in [1.165, 1.54) is 9.75 Å². The van der Waals surface area contributed by atoms with Crippen LogP contribution in [-0.4, -0.2) is 27.4 Å². The molecule has 33 heavy (non-hydrogen) atoms. The molecule has 0 spiro atoms. The fourth-order valence-corrected chi connectivity index (χ4v) is 5.70. The molecule has 166 valence electrons. The Morgan fingerprint density at radius 1 is 1.09 bits per heavy atom. The van der Waals surface area contributed by atoms with Crippen LogP contribution in [0.5, 0.6) is 0 Å². The first-order valence-corrected chi connectivity index (χ1v) is 12.1. The minimum Gasteiger partial charge on any atom is -0.352 e. The average molecular weight is 473 g/mol. The van der Waals surface area contributed by atoms with Crippen LogP contribution >= 0.6 is 23.6 Å². The number of rotatable bonds is 6. The highest BCUT2D eigenvalue weighted by Gasteiger charge is 2.40. The van der Waals surface area contributed by atoms with Crippen LogP contribution in [0.3, 0.4) is 0 Å². The molecule has 0 bridgehead atoms. The Hall–Kier alpha value is -3.29. The minimum atomic E-state index is -0.0575. The van der Waals surface area contributed by atoms with E-state index in [9.17, 15) is 4.79 Å². The summed E-state index contributed by atoms with van der Waals surface area (Å²) in [5.74, 6) is -0.0310. The third kappa shape index (κ3) is 4.47. The van der Waals surface area contributed by atoms with E-state index in [2.05, 4.69) is 39.6 Å². The fourth-order valence-electron chi connectivity index (χ4n) is 4.34. The Morgan fingerprint density at radius 3 is 2.70 bits per heavy atom. The third-order valence-electron chi connectivity index (χ3n) is 5.89. The molecule has 1 aliphatic heterocycles. The van der Waals surface area contributed by atoms with Gasteiger partial charge < -0.3 is 15.5 Å². The number of benzene rings is 2. The summed E-state index contributed by atoms with van der Waals surface area (Å²) in [7, 11) is 0. The van der Waals surface area contributed by atoms with Gasteiger partial charge in [0.2, 0.25) is 5.91 Å². The fraction of sp³-hybridized carbons (Fsp3) is 0.192. The number of anilines is 1. The molecule has 0 saturated carbocycles. The quantitative estimate of drug-likeness (QED) is 0.358. The Kier molecular flexibility index (Phi) is 6.07. The van der Waals surface area contributed by atoms with E-state index in [1.807, 2.05) is 60.7 Å². The molecule has 4 aromatic rings. The maximum absolute atomic E-state index is 12.9. The second-order valence-corrected chi connectivity index (χ2v) is 9.80. The molecule has 7 heteroatoms. The van der Waals surface area contributed by atoms with Crippen molar-refractivity contribution < 1.29 is 4.79 Å². The zero-order chi connectivity index (χ0) is 22.8. The second kappa shape index (κ2) is 9.29. The number of aromatic nitrogens is 1. The maximum Gasteiger partial charge on any atom is 0.226 e. The van der Waals surface area contributed by atoms with Gasteiger partial charge in [-0.15, -0.1) is 11.3 Å². The topological polar surface area (TPSA) is 57.3 Å². The van der Waals surface area contributed by atoms with Crippen LogP contribution in [0, 0.1) is 6.92 Å². The van der Waals surface area contributed by atoms with Gasteiger partial charge in [0.1, 0.15) is 0 Å². The number of hydrogen-bond donors (Lipinski definition) is 2. The molecule has 0 unspecified atom stereocenters. The van der Waals surface area contributed by atoms with Crippen LogP contribution in [0.2, 0.25) is 0 Å². The first-order valence-electron chi connectivity index (χ1n) is 10.9. The standard InChI is InChI=1S/C26H24N4OS2/c1-17-12-13-22(33-17)25-24(21-10-4-5-15-27-21)29-26(32)30(25)16-14-23(31)28-20-11-6-8-18-7-2-3-9-19(18)20/h2-13,15,24-25H,14,16H2,1H3,(H,28,31)(H,29,32)/t24-,25-/m1/s1. The van der Waals surface area contributed by atoms with Crippen LogP contribution in [0.4, 0.5) is 5.69 Å². The Morgan fingerprint density at radius 2 is 1.91 bits per heavy atom. The first kappa shape index (κ1) is 21.6. The predicted octanol–water partition coefficient (Wildman–Crippen LogP) is 5.61. The number of hydrogen-bond acceptors (Lipinski definition) is 4. The Balaban J connectivity index is 1.35. The van der Waals surface area contributed by atoms with E-state index < -0.39 is 0 Å². The number of nitrogens with one attached hydrogen (secondary N) is 2. The van der Waals surface area contributed by atoms with E-state index in [4.69, 9.17) is 12.2 Å². The molecule has 1 aliphatic rings. The van der Waals surface area contributed by atoms with Gasteiger partial charge in [-0.1, -0.05) is 42.5 Å². The Labute approximate surface area is 202 Å². The molecule has 0 radical (unpaired) electrons. The van der Waals surface area contributed by atoms with Crippen LogP contribution in [0.25, 0.3) is 10.8 Å². The van der Waals surface area contributed by atoms with Crippen molar-refractivity contribution in [2.24, 2.45) is 0 Å². The number of amides is 1. The van der Waals surface area contributed by atoms with Crippen molar-refractivity contribution >= 4 is 51.0 Å². The highest BCUT2D eigenvalue weighted by molar-refractivity contribution is 7.80. The van der Waals surface area contributed by atoms with Crippen molar-refractivity contribution in [3.8, 4) is 0 Å². The number of carbonyl (C=O) groups excluding carboxylic acids is 1. The molecule has 2 aromatic heterocycles. The van der Waals surface area contributed by atoms with Gasteiger partial charge in [-0.25, -0.2) is 0 Å². The number of thiocarbonyl (C=S) groups is 1. The number of nitrogens with zero attached hydrogens (tertiary/aromatic N) is 2. The van der Waals surface area contributed by atoms with Crippen molar-refractivity contribution in [1.82, 2.24) is 15.2 Å². The van der Waals surface area contributed by atoms with Crippen molar-refractivity contribution in [2.45, 2.75) is 25.4 Å². The minimum absolute atomic E-state index is 0.00328. The molecule has 1 fully saturated rings. The lowest BCUT2D eigenvalue weighted by atomic mass is 10.0. The van der Waals surface area contributed by atoms with Crippen molar-refractivity contribution in [3.05, 3.63) is 94.4 Å². The highest BCUT2D eigenvalue weighted by atomic mass is 32.1. The summed E-state index contributed by atoms with van der Waals surface area (Å²) < 4.78 is 0. The smallest absolute Gasteiger partial charge is 0.226 e. The van der Waals surface area contributed by atoms with Crippen molar-refractivity contribution in [1.29, 1.82) is 0 Å². The first-order chi connectivity index (χ1) is 16.1. The van der Waals surface area contributed by atoms with Gasteiger partial charge in [-0.3, -0.25) is 9.78 Å². The van der Waals surface area contributed by atoms with Crippen LogP contribution in [0.1, 0.15) is 34.0 Å². The van der Waals surface area contributed by atoms with Gasteiger partial charge in [-0.05, 0) is 54.9 Å². The number of fused-ring (bicyclic) bond motifs is 1. The van der Waals surface area contributed by atoms with Gasteiger partial charge in [0.05, 0.1) is 17.8 Å². The van der Waals surface area contributed by atoms with Crippen LogP contribution < -0.4 is 10.6 Å². The van der Waals surface area contributed by atoms with E-state index >= 15 is 0 Å². The van der Waals surface area contributed by atoms with E-state index in [0.29, 0.717) is 18.1 Å². The SMILES string of the molecule is Cc1ccc([C@@H]2[C@@H](c3ccccn3)NC(=S)N2CCC(=O)Nc2cccc3ccccc23)s1. The van der Waals surface area contributed by atoms with Gasteiger partial charge in [0.25, 0.3) is 0 Å². The molecule has 1 amide bonds. The second-order valence-electron chi connectivity index (χ2n) is 8.09. The number of aryl methyl sites for hydroxylation is 1. The third-order valence-corrected chi connectivity index (χ3v) is 7.32. The largest absolute Gasteiger partial charge is 0.352 e.